The lowest BCUT2D eigenvalue weighted by atomic mass is 10.3. The van der Waals surface area contributed by atoms with Crippen molar-refractivity contribution in [3.05, 3.63) is 64.7 Å². The molecule has 0 aliphatic carbocycles. The van der Waals surface area contributed by atoms with Gasteiger partial charge in [0.2, 0.25) is 0 Å². The molecule has 0 aliphatic heterocycles. The number of amides is 1. The van der Waals surface area contributed by atoms with Crippen LogP contribution in [0.4, 0.5) is 16.2 Å². The van der Waals surface area contributed by atoms with Gasteiger partial charge < -0.3 is 4.74 Å². The number of rotatable bonds is 3. The van der Waals surface area contributed by atoms with Crippen LogP contribution < -0.4 is 10.1 Å². The van der Waals surface area contributed by atoms with E-state index in [0.29, 0.717) is 11.4 Å². The molecule has 96 valence electrons. The van der Waals surface area contributed by atoms with Gasteiger partial charge >= 0.3 is 6.09 Å². The van der Waals surface area contributed by atoms with E-state index in [4.69, 9.17) is 4.74 Å². The van der Waals surface area contributed by atoms with Gasteiger partial charge in [0.05, 0.1) is 10.6 Å². The molecule has 0 aromatic heterocycles. The van der Waals surface area contributed by atoms with E-state index in [0.717, 1.165) is 0 Å². The second-order valence-corrected chi connectivity index (χ2v) is 3.64. The van der Waals surface area contributed by atoms with Crippen molar-refractivity contribution in [1.29, 1.82) is 0 Å². The minimum Gasteiger partial charge on any atom is -0.410 e. The monoisotopic (exact) mass is 258 g/mol. The molecule has 6 nitrogen and oxygen atoms in total. The predicted octanol–water partition coefficient (Wildman–Crippen LogP) is 3.21. The van der Waals surface area contributed by atoms with E-state index in [1.54, 1.807) is 36.4 Å². The number of carbonyl (C=O) groups is 1. The molecule has 1 amide bonds. The molecule has 0 saturated heterocycles. The average Bonchev–Trinajstić information content (AvgIpc) is 2.40. The summed E-state index contributed by atoms with van der Waals surface area (Å²) < 4.78 is 5.00. The summed E-state index contributed by atoms with van der Waals surface area (Å²) in [5.41, 5.74) is 0.202. The van der Waals surface area contributed by atoms with Gasteiger partial charge in [-0.1, -0.05) is 24.3 Å². The summed E-state index contributed by atoms with van der Waals surface area (Å²) in [5.74, 6) is 0.394. The van der Waals surface area contributed by atoms with Crippen molar-refractivity contribution in [2.45, 2.75) is 0 Å². The number of carbonyl (C=O) groups excluding carboxylic acids is 1. The number of non-ortho nitro benzene ring substituents is 1. The Morgan fingerprint density at radius 1 is 1.11 bits per heavy atom. The Bertz CT molecular complexity index is 599. The van der Waals surface area contributed by atoms with Crippen molar-refractivity contribution in [3.63, 3.8) is 0 Å². The van der Waals surface area contributed by atoms with Crippen LogP contribution in [-0.2, 0) is 0 Å². The number of anilines is 1. The molecular weight excluding hydrogens is 248 g/mol. The van der Waals surface area contributed by atoms with Crippen molar-refractivity contribution in [1.82, 2.24) is 0 Å². The van der Waals surface area contributed by atoms with Crippen LogP contribution in [0.25, 0.3) is 0 Å². The highest BCUT2D eigenvalue weighted by Gasteiger charge is 2.09. The van der Waals surface area contributed by atoms with Gasteiger partial charge in [-0.15, -0.1) is 0 Å². The summed E-state index contributed by atoms with van der Waals surface area (Å²) in [4.78, 5) is 21.6. The third-order valence-corrected chi connectivity index (χ3v) is 2.26. The van der Waals surface area contributed by atoms with Crippen LogP contribution in [0.1, 0.15) is 0 Å². The zero-order valence-electron chi connectivity index (χ0n) is 9.78. The molecule has 0 heterocycles. The largest absolute Gasteiger partial charge is 0.417 e. The number of hydrogen-bond donors (Lipinski definition) is 1. The lowest BCUT2D eigenvalue weighted by Gasteiger charge is -2.06. The summed E-state index contributed by atoms with van der Waals surface area (Å²) >= 11 is 0. The van der Waals surface area contributed by atoms with Gasteiger partial charge in [-0.25, -0.2) is 4.79 Å². The second-order valence-electron chi connectivity index (χ2n) is 3.64. The summed E-state index contributed by atoms with van der Waals surface area (Å²) in [6.45, 7) is 0. The highest BCUT2D eigenvalue weighted by Crippen LogP contribution is 2.17. The van der Waals surface area contributed by atoms with Gasteiger partial charge in [-0.05, 0) is 18.2 Å². The number of hydrogen-bond acceptors (Lipinski definition) is 4. The van der Waals surface area contributed by atoms with Crippen molar-refractivity contribution in [3.8, 4) is 5.75 Å². The van der Waals surface area contributed by atoms with Crippen LogP contribution in [-0.4, -0.2) is 11.0 Å². The number of nitrogens with zero attached hydrogens (tertiary/aromatic N) is 1. The fourth-order valence-electron chi connectivity index (χ4n) is 1.44. The van der Waals surface area contributed by atoms with Gasteiger partial charge in [0, 0.05) is 12.1 Å². The van der Waals surface area contributed by atoms with Gasteiger partial charge in [0.25, 0.3) is 5.69 Å². The number of benzene rings is 2. The van der Waals surface area contributed by atoms with Gasteiger partial charge in [0.1, 0.15) is 5.75 Å². The Morgan fingerprint density at radius 2 is 1.84 bits per heavy atom. The highest BCUT2D eigenvalue weighted by atomic mass is 16.6. The predicted molar refractivity (Wildman–Crippen MR) is 69.2 cm³/mol. The Hall–Kier alpha value is -2.89. The smallest absolute Gasteiger partial charge is 0.410 e. The third-order valence-electron chi connectivity index (χ3n) is 2.26. The SMILES string of the molecule is O=C(Nc1cccc([N+](=O)[O-])c1)Oc1ccccc1. The lowest BCUT2D eigenvalue weighted by Crippen LogP contribution is -2.16. The standard InChI is InChI=1S/C13H10N2O4/c16-13(19-12-7-2-1-3-8-12)14-10-5-4-6-11(9-10)15(17)18/h1-9H,(H,14,16). The summed E-state index contributed by atoms with van der Waals surface area (Å²) in [5, 5.41) is 13.0. The van der Waals surface area contributed by atoms with Gasteiger partial charge in [-0.3, -0.25) is 15.4 Å². The first-order valence-corrected chi connectivity index (χ1v) is 5.43. The van der Waals surface area contributed by atoms with Crippen LogP contribution in [0, 0.1) is 10.1 Å². The molecule has 2 rings (SSSR count). The molecule has 0 unspecified atom stereocenters. The second kappa shape index (κ2) is 5.63. The topological polar surface area (TPSA) is 81.5 Å². The third kappa shape index (κ3) is 3.53. The van der Waals surface area contributed by atoms with Crippen molar-refractivity contribution in [2.24, 2.45) is 0 Å². The molecule has 2 aromatic rings. The Morgan fingerprint density at radius 3 is 2.53 bits per heavy atom. The molecule has 0 atom stereocenters. The van der Waals surface area contributed by atoms with E-state index in [1.165, 1.54) is 18.2 Å². The molecule has 0 spiro atoms. The maximum Gasteiger partial charge on any atom is 0.417 e. The molecular formula is C13H10N2O4. The van der Waals surface area contributed by atoms with Crippen molar-refractivity contribution < 1.29 is 14.5 Å². The number of nitro groups is 1. The fourth-order valence-corrected chi connectivity index (χ4v) is 1.44. The van der Waals surface area contributed by atoms with Crippen LogP contribution in [0.2, 0.25) is 0 Å². The molecule has 6 heteroatoms. The number of ether oxygens (including phenoxy) is 1. The zero-order valence-corrected chi connectivity index (χ0v) is 9.78. The average molecular weight is 258 g/mol. The number of nitro benzene ring substituents is 1. The summed E-state index contributed by atoms with van der Waals surface area (Å²) in [7, 11) is 0. The minimum atomic E-state index is -0.702. The highest BCUT2D eigenvalue weighted by molar-refractivity contribution is 5.86. The normalized spacial score (nSPS) is 9.68. The molecule has 1 N–H and O–H groups in total. The molecule has 19 heavy (non-hydrogen) atoms. The molecule has 0 radical (unpaired) electrons. The van der Waals surface area contributed by atoms with Gasteiger partial charge in [0.15, 0.2) is 0 Å². The number of nitrogens with one attached hydrogen (secondary N) is 1. The summed E-state index contributed by atoms with van der Waals surface area (Å²) in [6, 6.07) is 14.1. The van der Waals surface area contributed by atoms with Crippen LogP contribution in [0.3, 0.4) is 0 Å². The molecule has 0 fully saturated rings. The minimum absolute atomic E-state index is 0.0995. The molecule has 0 saturated carbocycles. The first-order chi connectivity index (χ1) is 9.15. The Kier molecular flexibility index (Phi) is 3.72. The van der Waals surface area contributed by atoms with Crippen LogP contribution in [0.5, 0.6) is 5.75 Å². The van der Waals surface area contributed by atoms with E-state index in [9.17, 15) is 14.9 Å². The Labute approximate surface area is 108 Å². The molecule has 2 aromatic carbocycles. The van der Waals surface area contributed by atoms with Crippen molar-refractivity contribution in [2.75, 3.05) is 5.32 Å². The van der Waals surface area contributed by atoms with Crippen LogP contribution in [0.15, 0.2) is 54.6 Å². The van der Waals surface area contributed by atoms with E-state index in [1.807, 2.05) is 0 Å². The lowest BCUT2D eigenvalue weighted by molar-refractivity contribution is -0.384. The molecule has 0 aliphatic rings. The molecule has 0 bridgehead atoms. The quantitative estimate of drug-likeness (QED) is 0.677. The van der Waals surface area contributed by atoms with E-state index in [-0.39, 0.29) is 5.69 Å². The maximum atomic E-state index is 11.6. The van der Waals surface area contributed by atoms with Crippen LogP contribution >= 0.6 is 0 Å². The maximum absolute atomic E-state index is 11.6. The Balaban J connectivity index is 2.03. The summed E-state index contributed by atoms with van der Waals surface area (Å²) in [6.07, 6.45) is -0.702. The van der Waals surface area contributed by atoms with E-state index < -0.39 is 11.0 Å². The first-order valence-electron chi connectivity index (χ1n) is 5.43. The van der Waals surface area contributed by atoms with E-state index >= 15 is 0 Å². The number of para-hydroxylation sites is 1. The first kappa shape index (κ1) is 12.6. The zero-order chi connectivity index (χ0) is 13.7. The fraction of sp³-hybridized carbons (Fsp3) is 0. The van der Waals surface area contributed by atoms with Crippen molar-refractivity contribution >= 4 is 17.5 Å². The van der Waals surface area contributed by atoms with E-state index in [2.05, 4.69) is 5.32 Å². The van der Waals surface area contributed by atoms with Gasteiger partial charge in [-0.2, -0.15) is 0 Å².